The molecule has 1 aromatic rings. The molecule has 2 aliphatic rings. The van der Waals surface area contributed by atoms with E-state index in [2.05, 4.69) is 32.0 Å². The van der Waals surface area contributed by atoms with Crippen LogP contribution in [0.3, 0.4) is 0 Å². The normalized spacial score (nSPS) is 35.1. The molecule has 1 saturated carbocycles. The van der Waals surface area contributed by atoms with Crippen LogP contribution in [0, 0.1) is 12.8 Å². The van der Waals surface area contributed by atoms with E-state index in [9.17, 15) is 0 Å². The van der Waals surface area contributed by atoms with Crippen molar-refractivity contribution in [2.75, 3.05) is 0 Å². The van der Waals surface area contributed by atoms with Gasteiger partial charge in [0.1, 0.15) is 11.4 Å². The maximum Gasteiger partial charge on any atom is 0.124 e. The van der Waals surface area contributed by atoms with E-state index in [0.717, 1.165) is 30.9 Å². The summed E-state index contributed by atoms with van der Waals surface area (Å²) in [6, 6.07) is 6.54. The third kappa shape index (κ3) is 2.03. The van der Waals surface area contributed by atoms with Gasteiger partial charge >= 0.3 is 0 Å². The van der Waals surface area contributed by atoms with Crippen LogP contribution in [-0.2, 0) is 0 Å². The summed E-state index contributed by atoms with van der Waals surface area (Å²) < 4.78 is 6.35. The SMILES string of the molecule is Cc1ccc2c(c1)[C@@H](N)CC1(CCC(C)CC1)O2. The second-order valence-electron chi connectivity index (χ2n) is 6.32. The Balaban J connectivity index is 1.89. The Kier molecular flexibility index (Phi) is 2.86. The van der Waals surface area contributed by atoms with Crippen LogP contribution in [0.4, 0.5) is 0 Å². The van der Waals surface area contributed by atoms with Crippen LogP contribution in [0.2, 0.25) is 0 Å². The first-order chi connectivity index (χ1) is 8.58. The van der Waals surface area contributed by atoms with Crippen molar-refractivity contribution in [1.82, 2.24) is 0 Å². The molecule has 18 heavy (non-hydrogen) atoms. The van der Waals surface area contributed by atoms with Gasteiger partial charge in [-0.15, -0.1) is 0 Å². The Bertz CT molecular complexity index is 446. The lowest BCUT2D eigenvalue weighted by molar-refractivity contribution is -0.00855. The van der Waals surface area contributed by atoms with Crippen molar-refractivity contribution in [1.29, 1.82) is 0 Å². The van der Waals surface area contributed by atoms with E-state index in [0.29, 0.717) is 0 Å². The summed E-state index contributed by atoms with van der Waals surface area (Å²) in [5, 5.41) is 0. The zero-order valence-electron chi connectivity index (χ0n) is 11.4. The van der Waals surface area contributed by atoms with Gasteiger partial charge in [0.2, 0.25) is 0 Å². The quantitative estimate of drug-likeness (QED) is 0.756. The minimum absolute atomic E-state index is 0.0220. The Morgan fingerprint density at radius 2 is 2.00 bits per heavy atom. The zero-order valence-corrected chi connectivity index (χ0v) is 11.4. The van der Waals surface area contributed by atoms with E-state index in [4.69, 9.17) is 10.5 Å². The highest BCUT2D eigenvalue weighted by Gasteiger charge is 2.41. The molecule has 1 atom stereocenters. The molecule has 1 spiro atoms. The van der Waals surface area contributed by atoms with E-state index < -0.39 is 0 Å². The molecule has 1 aliphatic carbocycles. The van der Waals surface area contributed by atoms with Crippen molar-refractivity contribution in [2.45, 2.75) is 57.6 Å². The fourth-order valence-corrected chi connectivity index (χ4v) is 3.43. The second-order valence-corrected chi connectivity index (χ2v) is 6.32. The monoisotopic (exact) mass is 245 g/mol. The van der Waals surface area contributed by atoms with E-state index in [1.807, 2.05) is 0 Å². The number of aryl methyl sites for hydroxylation is 1. The van der Waals surface area contributed by atoms with Crippen molar-refractivity contribution in [2.24, 2.45) is 11.7 Å². The number of rotatable bonds is 0. The standard InChI is InChI=1S/C16H23NO/c1-11-5-7-16(8-6-11)10-14(17)13-9-12(2)3-4-15(13)18-16/h3-4,9,11,14H,5-8,10,17H2,1-2H3/t11?,14-,16?/m0/s1. The molecule has 1 aliphatic heterocycles. The molecule has 0 saturated heterocycles. The molecule has 1 fully saturated rings. The highest BCUT2D eigenvalue weighted by atomic mass is 16.5. The zero-order chi connectivity index (χ0) is 12.8. The van der Waals surface area contributed by atoms with Gasteiger partial charge < -0.3 is 10.5 Å². The van der Waals surface area contributed by atoms with Gasteiger partial charge in [-0.2, -0.15) is 0 Å². The van der Waals surface area contributed by atoms with Crippen LogP contribution in [0.1, 0.15) is 56.2 Å². The van der Waals surface area contributed by atoms with Crippen LogP contribution in [0.5, 0.6) is 5.75 Å². The van der Waals surface area contributed by atoms with E-state index in [-0.39, 0.29) is 11.6 Å². The summed E-state index contributed by atoms with van der Waals surface area (Å²) in [5.74, 6) is 1.86. The predicted octanol–water partition coefficient (Wildman–Crippen LogP) is 3.73. The van der Waals surface area contributed by atoms with Crippen molar-refractivity contribution in [3.05, 3.63) is 29.3 Å². The summed E-state index contributed by atoms with van der Waals surface area (Å²) in [5.41, 5.74) is 8.86. The predicted molar refractivity (Wildman–Crippen MR) is 73.7 cm³/mol. The van der Waals surface area contributed by atoms with Crippen LogP contribution in [0.25, 0.3) is 0 Å². The molecule has 0 bridgehead atoms. The molecule has 2 nitrogen and oxygen atoms in total. The van der Waals surface area contributed by atoms with Crippen LogP contribution >= 0.6 is 0 Å². The summed E-state index contributed by atoms with van der Waals surface area (Å²) >= 11 is 0. The van der Waals surface area contributed by atoms with Crippen molar-refractivity contribution in [3.63, 3.8) is 0 Å². The lowest BCUT2D eigenvalue weighted by atomic mass is 9.74. The van der Waals surface area contributed by atoms with Crippen molar-refractivity contribution < 1.29 is 4.74 Å². The minimum atomic E-state index is 0.0220. The number of hydrogen-bond donors (Lipinski definition) is 1. The first kappa shape index (κ1) is 12.0. The first-order valence-electron chi connectivity index (χ1n) is 7.13. The number of ether oxygens (including phenoxy) is 1. The third-order valence-electron chi connectivity index (χ3n) is 4.67. The van der Waals surface area contributed by atoms with Crippen LogP contribution < -0.4 is 10.5 Å². The van der Waals surface area contributed by atoms with Crippen molar-refractivity contribution >= 4 is 0 Å². The van der Waals surface area contributed by atoms with Gasteiger partial charge in [-0.25, -0.2) is 0 Å². The summed E-state index contributed by atoms with van der Waals surface area (Å²) in [6.07, 6.45) is 5.85. The van der Waals surface area contributed by atoms with Gasteiger partial charge in [0.25, 0.3) is 0 Å². The van der Waals surface area contributed by atoms with Gasteiger partial charge in [0.05, 0.1) is 0 Å². The molecule has 98 valence electrons. The smallest absolute Gasteiger partial charge is 0.124 e. The van der Waals surface area contributed by atoms with Crippen LogP contribution in [-0.4, -0.2) is 5.60 Å². The number of nitrogens with two attached hydrogens (primary N) is 1. The number of benzene rings is 1. The van der Waals surface area contributed by atoms with E-state index in [1.165, 1.54) is 24.0 Å². The largest absolute Gasteiger partial charge is 0.487 e. The highest BCUT2D eigenvalue weighted by Crippen LogP contribution is 2.46. The molecule has 2 N–H and O–H groups in total. The molecular weight excluding hydrogens is 222 g/mol. The lowest BCUT2D eigenvalue weighted by Crippen LogP contribution is -2.45. The fourth-order valence-electron chi connectivity index (χ4n) is 3.43. The Labute approximate surface area is 110 Å². The Morgan fingerprint density at radius 3 is 2.72 bits per heavy atom. The summed E-state index contributed by atoms with van der Waals surface area (Å²) in [4.78, 5) is 0. The lowest BCUT2D eigenvalue weighted by Gasteiger charge is -2.45. The second kappa shape index (κ2) is 4.27. The molecule has 0 amide bonds. The van der Waals surface area contributed by atoms with Gasteiger partial charge in [-0.1, -0.05) is 24.6 Å². The Morgan fingerprint density at radius 1 is 1.28 bits per heavy atom. The molecular formula is C16H23NO. The van der Waals surface area contributed by atoms with Gasteiger partial charge in [-0.3, -0.25) is 0 Å². The fraction of sp³-hybridized carbons (Fsp3) is 0.625. The molecule has 3 rings (SSSR count). The van der Waals surface area contributed by atoms with Gasteiger partial charge in [0.15, 0.2) is 0 Å². The van der Waals surface area contributed by atoms with Crippen molar-refractivity contribution in [3.8, 4) is 5.75 Å². The Hall–Kier alpha value is -1.02. The number of fused-ring (bicyclic) bond motifs is 1. The number of hydrogen-bond acceptors (Lipinski definition) is 2. The van der Waals surface area contributed by atoms with Crippen LogP contribution in [0.15, 0.2) is 18.2 Å². The molecule has 0 aromatic heterocycles. The van der Waals surface area contributed by atoms with E-state index >= 15 is 0 Å². The molecule has 1 aromatic carbocycles. The van der Waals surface area contributed by atoms with Gasteiger partial charge in [-0.05, 0) is 44.6 Å². The average molecular weight is 245 g/mol. The minimum Gasteiger partial charge on any atom is -0.487 e. The maximum absolute atomic E-state index is 6.38. The average Bonchev–Trinajstić information content (AvgIpc) is 2.35. The molecule has 1 heterocycles. The molecule has 2 heteroatoms. The maximum atomic E-state index is 6.38. The summed E-state index contributed by atoms with van der Waals surface area (Å²) in [6.45, 7) is 4.45. The summed E-state index contributed by atoms with van der Waals surface area (Å²) in [7, 11) is 0. The third-order valence-corrected chi connectivity index (χ3v) is 4.67. The molecule has 0 unspecified atom stereocenters. The first-order valence-corrected chi connectivity index (χ1v) is 7.13. The van der Waals surface area contributed by atoms with E-state index in [1.54, 1.807) is 0 Å². The molecule has 0 radical (unpaired) electrons. The van der Waals surface area contributed by atoms with Gasteiger partial charge in [0, 0.05) is 18.0 Å². The topological polar surface area (TPSA) is 35.2 Å². The highest BCUT2D eigenvalue weighted by molar-refractivity contribution is 5.41.